The minimum Gasteiger partial charge on any atom is -0.439 e. The summed E-state index contributed by atoms with van der Waals surface area (Å²) in [6, 6.07) is 16.2. The maximum absolute atomic E-state index is 11.0. The molecule has 0 bridgehead atoms. The van der Waals surface area contributed by atoms with Gasteiger partial charge in [-0.15, -0.1) is 0 Å². The molecule has 122 valence electrons. The minimum atomic E-state index is -0.951. The van der Waals surface area contributed by atoms with E-state index in [0.717, 1.165) is 16.7 Å². The molecule has 6 nitrogen and oxygen atoms in total. The summed E-state index contributed by atoms with van der Waals surface area (Å²) < 4.78 is 5.63. The molecule has 24 heavy (non-hydrogen) atoms. The van der Waals surface area contributed by atoms with Crippen LogP contribution in [0.2, 0.25) is 0 Å². The Morgan fingerprint density at radius 1 is 1.08 bits per heavy atom. The molecule has 1 heterocycles. The third kappa shape index (κ3) is 3.13. The number of hydrogen-bond acceptors (Lipinski definition) is 4. The van der Waals surface area contributed by atoms with E-state index in [1.165, 1.54) is 6.20 Å². The Balaban J connectivity index is 1.82. The fourth-order valence-corrected chi connectivity index (χ4v) is 2.36. The lowest BCUT2D eigenvalue weighted by Gasteiger charge is -2.17. The quantitative estimate of drug-likeness (QED) is 0.563. The molecule has 0 aliphatic carbocycles. The molecule has 6 heteroatoms. The van der Waals surface area contributed by atoms with Crippen molar-refractivity contribution in [3.63, 3.8) is 0 Å². The molecule has 0 aliphatic heterocycles. The van der Waals surface area contributed by atoms with E-state index in [1.54, 1.807) is 6.92 Å². The Morgan fingerprint density at radius 3 is 2.29 bits per heavy atom. The van der Waals surface area contributed by atoms with E-state index in [9.17, 15) is 10.0 Å². The van der Waals surface area contributed by atoms with Crippen LogP contribution < -0.4 is 5.73 Å². The Bertz CT molecular complexity index is 828. The van der Waals surface area contributed by atoms with Crippen molar-refractivity contribution in [2.75, 3.05) is 0 Å². The first kappa shape index (κ1) is 15.8. The normalized spacial score (nSPS) is 11.9. The minimum absolute atomic E-state index is 0.346. The molecule has 3 N–H and O–H groups in total. The number of benzene rings is 2. The molecule has 1 unspecified atom stereocenters. The van der Waals surface area contributed by atoms with Gasteiger partial charge < -0.3 is 10.2 Å². The Hall–Kier alpha value is -3.12. The zero-order chi connectivity index (χ0) is 17.1. The molecule has 0 saturated heterocycles. The number of aromatic nitrogens is 1. The van der Waals surface area contributed by atoms with Crippen molar-refractivity contribution in [3.8, 4) is 22.6 Å². The second-order valence-electron chi connectivity index (χ2n) is 5.37. The molecular weight excluding hydrogens is 306 g/mol. The van der Waals surface area contributed by atoms with Gasteiger partial charge >= 0.3 is 6.03 Å². The standard InChI is InChI=1S/C18H17N3O3/c1-12(21(23)18(19)22)16-11-20-17(24-16)15-9-7-14(8-10-15)13-5-3-2-4-6-13/h2-12,23H,1H3,(H2,19,22). The topological polar surface area (TPSA) is 92.6 Å². The highest BCUT2D eigenvalue weighted by molar-refractivity contribution is 5.71. The number of rotatable bonds is 4. The lowest BCUT2D eigenvalue weighted by atomic mass is 10.0. The monoisotopic (exact) mass is 323 g/mol. The van der Waals surface area contributed by atoms with Crippen molar-refractivity contribution in [2.24, 2.45) is 5.73 Å². The Morgan fingerprint density at radius 2 is 1.67 bits per heavy atom. The van der Waals surface area contributed by atoms with Crippen molar-refractivity contribution < 1.29 is 14.4 Å². The van der Waals surface area contributed by atoms with E-state index in [-0.39, 0.29) is 0 Å². The predicted octanol–water partition coefficient (Wildman–Crippen LogP) is 3.84. The molecule has 3 rings (SSSR count). The second-order valence-corrected chi connectivity index (χ2v) is 5.37. The van der Waals surface area contributed by atoms with E-state index in [4.69, 9.17) is 10.2 Å². The molecule has 0 saturated carbocycles. The zero-order valence-electron chi connectivity index (χ0n) is 13.1. The van der Waals surface area contributed by atoms with Crippen molar-refractivity contribution in [1.29, 1.82) is 0 Å². The summed E-state index contributed by atoms with van der Waals surface area (Å²) >= 11 is 0. The van der Waals surface area contributed by atoms with Crippen LogP contribution in [0.25, 0.3) is 22.6 Å². The summed E-state index contributed by atoms with van der Waals surface area (Å²) in [7, 11) is 0. The van der Waals surface area contributed by atoms with Crippen LogP contribution in [0.1, 0.15) is 18.7 Å². The molecule has 0 fully saturated rings. The number of oxazole rings is 1. The van der Waals surface area contributed by atoms with Crippen LogP contribution in [0.4, 0.5) is 4.79 Å². The molecule has 1 atom stereocenters. The summed E-state index contributed by atoms with van der Waals surface area (Å²) in [5.74, 6) is 0.757. The maximum atomic E-state index is 11.0. The van der Waals surface area contributed by atoms with Crippen LogP contribution in [0.3, 0.4) is 0 Å². The summed E-state index contributed by atoms with van der Waals surface area (Å²) in [6.45, 7) is 1.59. The number of urea groups is 1. The highest BCUT2D eigenvalue weighted by Crippen LogP contribution is 2.27. The van der Waals surface area contributed by atoms with Gasteiger partial charge in [0.15, 0.2) is 0 Å². The highest BCUT2D eigenvalue weighted by atomic mass is 16.5. The van der Waals surface area contributed by atoms with Crippen LogP contribution in [0, 0.1) is 0 Å². The van der Waals surface area contributed by atoms with Gasteiger partial charge in [-0.25, -0.2) is 9.78 Å². The maximum Gasteiger partial charge on any atom is 0.339 e. The largest absolute Gasteiger partial charge is 0.439 e. The summed E-state index contributed by atoms with van der Waals surface area (Å²) in [5, 5.41) is 9.97. The van der Waals surface area contributed by atoms with Crippen LogP contribution >= 0.6 is 0 Å². The molecule has 3 aromatic rings. The van der Waals surface area contributed by atoms with Gasteiger partial charge in [0, 0.05) is 5.56 Å². The van der Waals surface area contributed by atoms with Crippen LogP contribution in [-0.2, 0) is 0 Å². The van der Waals surface area contributed by atoms with Gasteiger partial charge in [0.2, 0.25) is 5.89 Å². The molecule has 0 spiro atoms. The van der Waals surface area contributed by atoms with Crippen molar-refractivity contribution in [2.45, 2.75) is 13.0 Å². The van der Waals surface area contributed by atoms with E-state index >= 15 is 0 Å². The average molecular weight is 323 g/mol. The zero-order valence-corrected chi connectivity index (χ0v) is 13.1. The number of carbonyl (C=O) groups excluding carboxylic acids is 1. The smallest absolute Gasteiger partial charge is 0.339 e. The van der Waals surface area contributed by atoms with E-state index in [1.807, 2.05) is 54.6 Å². The SMILES string of the molecule is CC(c1cnc(-c2ccc(-c3ccccc3)cc2)o1)N(O)C(N)=O. The van der Waals surface area contributed by atoms with E-state index in [2.05, 4.69) is 4.98 Å². The van der Waals surface area contributed by atoms with E-state index < -0.39 is 12.1 Å². The highest BCUT2D eigenvalue weighted by Gasteiger charge is 2.21. The van der Waals surface area contributed by atoms with Gasteiger partial charge in [-0.3, -0.25) is 5.21 Å². The molecule has 1 aromatic heterocycles. The first-order chi connectivity index (χ1) is 11.6. The first-order valence-corrected chi connectivity index (χ1v) is 7.45. The summed E-state index contributed by atoms with van der Waals surface area (Å²) in [6.07, 6.45) is 1.47. The number of hydrogen-bond donors (Lipinski definition) is 2. The van der Waals surface area contributed by atoms with Gasteiger partial charge in [0.1, 0.15) is 11.8 Å². The molecule has 2 aromatic carbocycles. The molecular formula is C18H17N3O3. The fourth-order valence-electron chi connectivity index (χ4n) is 2.36. The van der Waals surface area contributed by atoms with Gasteiger partial charge in [-0.2, -0.15) is 5.06 Å². The van der Waals surface area contributed by atoms with Crippen molar-refractivity contribution in [1.82, 2.24) is 10.0 Å². The average Bonchev–Trinajstić information content (AvgIpc) is 3.11. The van der Waals surface area contributed by atoms with Crippen LogP contribution in [0.5, 0.6) is 0 Å². The van der Waals surface area contributed by atoms with E-state index in [0.29, 0.717) is 16.7 Å². The fraction of sp³-hybridized carbons (Fsp3) is 0.111. The van der Waals surface area contributed by atoms with Crippen LogP contribution in [-0.4, -0.2) is 21.3 Å². The summed E-state index contributed by atoms with van der Waals surface area (Å²) in [5.41, 5.74) is 8.06. The molecule has 0 radical (unpaired) electrons. The Kier molecular flexibility index (Phi) is 4.31. The third-order valence-electron chi connectivity index (χ3n) is 3.77. The first-order valence-electron chi connectivity index (χ1n) is 7.45. The third-order valence-corrected chi connectivity index (χ3v) is 3.77. The number of nitrogens with two attached hydrogens (primary N) is 1. The van der Waals surface area contributed by atoms with Crippen molar-refractivity contribution >= 4 is 6.03 Å². The van der Waals surface area contributed by atoms with Gasteiger partial charge in [-0.05, 0) is 30.2 Å². The number of carbonyl (C=O) groups is 1. The number of primary amides is 1. The number of nitrogens with zero attached hydrogens (tertiary/aromatic N) is 2. The molecule has 0 aliphatic rings. The number of amides is 2. The summed E-state index contributed by atoms with van der Waals surface area (Å²) in [4.78, 5) is 15.2. The predicted molar refractivity (Wildman–Crippen MR) is 89.0 cm³/mol. The van der Waals surface area contributed by atoms with Gasteiger partial charge in [0.05, 0.1) is 6.20 Å². The second kappa shape index (κ2) is 6.55. The lowest BCUT2D eigenvalue weighted by molar-refractivity contribution is -0.0760. The number of hydroxylamine groups is 2. The van der Waals surface area contributed by atoms with Gasteiger partial charge in [-0.1, -0.05) is 42.5 Å². The lowest BCUT2D eigenvalue weighted by Crippen LogP contribution is -2.34. The molecule has 2 amide bonds. The Labute approximate surface area is 139 Å². The van der Waals surface area contributed by atoms with Gasteiger partial charge in [0.25, 0.3) is 0 Å². The van der Waals surface area contributed by atoms with Crippen LogP contribution in [0.15, 0.2) is 65.2 Å². The van der Waals surface area contributed by atoms with Crippen molar-refractivity contribution in [3.05, 3.63) is 66.6 Å².